The van der Waals surface area contributed by atoms with Crippen LogP contribution in [0.5, 0.6) is 0 Å². The minimum absolute atomic E-state index is 0.250. The van der Waals surface area contributed by atoms with Crippen LogP contribution < -0.4 is 5.69 Å². The second-order valence-electron chi connectivity index (χ2n) is 4.32. The van der Waals surface area contributed by atoms with E-state index in [4.69, 9.17) is 29.9 Å². The molecule has 0 amide bonds. The molecule has 0 saturated carbocycles. The first-order valence-corrected chi connectivity index (χ1v) is 6.10. The number of nitrogens with zero attached hydrogens (tertiary/aromatic N) is 1. The third kappa shape index (κ3) is 3.39. The summed E-state index contributed by atoms with van der Waals surface area (Å²) in [6.07, 6.45) is -0.958. The maximum absolute atomic E-state index is 11.7. The fraction of sp³-hybridized carbons (Fsp3) is 0.600. The number of aliphatic hydroxyl groups excluding tert-OH is 2. The van der Waals surface area contributed by atoms with Gasteiger partial charge < -0.3 is 20.1 Å². The molecule has 106 valence electrons. The second-order valence-corrected chi connectivity index (χ2v) is 4.76. The molecule has 10 heteroatoms. The van der Waals surface area contributed by atoms with Crippen molar-refractivity contribution >= 4 is 27.9 Å². The molecule has 20 heavy (non-hydrogen) atoms. The molecule has 1 fully saturated rings. The maximum Gasteiger partial charge on any atom is 0.328 e. The molecule has 4 unspecified atom stereocenters. The normalized spacial score (nSPS) is 32.5. The molecule has 7 nitrogen and oxygen atoms in total. The van der Waals surface area contributed by atoms with Gasteiger partial charge in [0.2, 0.25) is 0 Å². The van der Waals surface area contributed by atoms with Gasteiger partial charge in [-0.2, -0.15) is 0 Å². The van der Waals surface area contributed by atoms with Gasteiger partial charge in [0.15, 0.2) is 6.23 Å². The van der Waals surface area contributed by atoms with Crippen molar-refractivity contribution in [3.63, 3.8) is 0 Å². The first-order valence-electron chi connectivity index (χ1n) is 5.69. The summed E-state index contributed by atoms with van der Waals surface area (Å²) >= 11 is 4.79. The van der Waals surface area contributed by atoms with Crippen molar-refractivity contribution in [2.45, 2.75) is 30.9 Å². The van der Waals surface area contributed by atoms with Gasteiger partial charge in [0, 0.05) is 18.7 Å². The van der Waals surface area contributed by atoms with Crippen LogP contribution in [-0.4, -0.2) is 64.8 Å². The molecule has 2 rings (SSSR count). The number of aromatic amines is 1. The highest BCUT2D eigenvalue weighted by Gasteiger charge is 2.51. The van der Waals surface area contributed by atoms with Gasteiger partial charge in [0.25, 0.3) is 0 Å². The van der Waals surface area contributed by atoms with Crippen molar-refractivity contribution in [2.24, 2.45) is 0 Å². The molecule has 4 N–H and O–H groups in total. The van der Waals surface area contributed by atoms with Crippen LogP contribution in [0.2, 0.25) is 0 Å². The molecule has 1 saturated heterocycles. The van der Waals surface area contributed by atoms with Crippen LogP contribution in [0.1, 0.15) is 13.2 Å². The Morgan fingerprint density at radius 3 is 2.60 bits per heavy atom. The Morgan fingerprint density at radius 1 is 1.65 bits per heavy atom. The Bertz CT molecular complexity index is 561. The number of aliphatic hydroxyl groups is 3. The van der Waals surface area contributed by atoms with Gasteiger partial charge in [0.1, 0.15) is 32.0 Å². The topological polar surface area (TPSA) is 108 Å². The van der Waals surface area contributed by atoms with Crippen LogP contribution in [0.3, 0.4) is 0 Å². The average molecular weight is 296 g/mol. The zero-order valence-corrected chi connectivity index (χ0v) is 11.6. The minimum Gasteiger partial charge on any atom is -0.406 e. The molecule has 2 heterocycles. The largest absolute Gasteiger partial charge is 0.406 e. The first-order chi connectivity index (χ1) is 9.25. The molecule has 4 atom stereocenters. The Hall–Kier alpha value is -0.930. The Kier molecular flexibility index (Phi) is 5.72. The van der Waals surface area contributed by atoms with E-state index in [0.717, 1.165) is 4.57 Å². The number of hydrogen-bond donors (Lipinski definition) is 4. The zero-order chi connectivity index (χ0) is 15.5. The van der Waals surface area contributed by atoms with Crippen LogP contribution in [0, 0.1) is 4.64 Å². The summed E-state index contributed by atoms with van der Waals surface area (Å²) in [6, 6.07) is 0.428. The SMILES string of the molecule is [B]C1OC(n2ccc(=S)[nH]c2=O)C(C)(O)C1O.[B]CO. The van der Waals surface area contributed by atoms with E-state index in [-0.39, 0.29) is 11.1 Å². The van der Waals surface area contributed by atoms with Gasteiger partial charge in [-0.1, -0.05) is 12.2 Å². The molecular formula is C10H14B2N2O5S. The summed E-state index contributed by atoms with van der Waals surface area (Å²) in [5.74, 6) is 0. The van der Waals surface area contributed by atoms with Gasteiger partial charge in [-0.25, -0.2) is 4.79 Å². The third-order valence-electron chi connectivity index (χ3n) is 2.80. The highest BCUT2D eigenvalue weighted by molar-refractivity contribution is 7.71. The standard InChI is InChI=1S/C9H11BN2O4S.CH3BO/c1-9(15)5(13)6(10)16-7(9)12-3-2-4(17)11-8(12)14;2-1-3/h2-3,5-7,13,15H,1H3,(H,11,14,17);3H,1H2. The lowest BCUT2D eigenvalue weighted by molar-refractivity contribution is -0.0961. The summed E-state index contributed by atoms with van der Waals surface area (Å²) in [4.78, 5) is 14.0. The van der Waals surface area contributed by atoms with Crippen LogP contribution in [0.15, 0.2) is 17.1 Å². The number of aromatic nitrogens is 2. The highest BCUT2D eigenvalue weighted by atomic mass is 32.1. The van der Waals surface area contributed by atoms with Gasteiger partial charge in [-0.3, -0.25) is 9.55 Å². The van der Waals surface area contributed by atoms with Gasteiger partial charge in [-0.05, 0) is 13.0 Å². The molecule has 4 radical (unpaired) electrons. The highest BCUT2D eigenvalue weighted by Crippen LogP contribution is 2.35. The predicted molar refractivity (Wildman–Crippen MR) is 75.0 cm³/mol. The average Bonchev–Trinajstić information content (AvgIpc) is 2.54. The van der Waals surface area contributed by atoms with Gasteiger partial charge >= 0.3 is 5.69 Å². The van der Waals surface area contributed by atoms with Crippen molar-refractivity contribution in [1.82, 2.24) is 9.55 Å². The maximum atomic E-state index is 11.7. The Morgan fingerprint density at radius 2 is 2.20 bits per heavy atom. The van der Waals surface area contributed by atoms with Crippen molar-refractivity contribution in [3.05, 3.63) is 27.4 Å². The van der Waals surface area contributed by atoms with Gasteiger partial charge in [-0.15, -0.1) is 0 Å². The van der Waals surface area contributed by atoms with E-state index >= 15 is 0 Å². The van der Waals surface area contributed by atoms with E-state index in [2.05, 4.69) is 12.8 Å². The number of hydrogen-bond acceptors (Lipinski definition) is 6. The third-order valence-corrected chi connectivity index (χ3v) is 3.04. The summed E-state index contributed by atoms with van der Waals surface area (Å²) in [5, 5.41) is 27.1. The second kappa shape index (κ2) is 6.68. The molecule has 0 aliphatic carbocycles. The number of ether oxygens (including phenoxy) is 1. The minimum atomic E-state index is -1.65. The van der Waals surface area contributed by atoms with Gasteiger partial charge in [0.05, 0.1) is 0 Å². The molecule has 0 aromatic carbocycles. The summed E-state index contributed by atoms with van der Waals surface area (Å²) in [5.41, 5.74) is -2.19. The van der Waals surface area contributed by atoms with Crippen molar-refractivity contribution in [3.8, 4) is 0 Å². The number of nitrogens with one attached hydrogen (secondary N) is 1. The molecule has 1 aromatic heterocycles. The molecular weight excluding hydrogens is 282 g/mol. The quantitative estimate of drug-likeness (QED) is 0.358. The Labute approximate surface area is 123 Å². The predicted octanol–water partition coefficient (Wildman–Crippen LogP) is -1.85. The van der Waals surface area contributed by atoms with Crippen molar-refractivity contribution in [2.75, 3.05) is 6.51 Å². The Balaban J connectivity index is 0.000000612. The smallest absolute Gasteiger partial charge is 0.328 e. The van der Waals surface area contributed by atoms with E-state index < -0.39 is 29.6 Å². The number of rotatable bonds is 1. The number of H-pyrrole nitrogens is 1. The lowest BCUT2D eigenvalue weighted by Gasteiger charge is -2.27. The van der Waals surface area contributed by atoms with E-state index in [1.165, 1.54) is 19.2 Å². The van der Waals surface area contributed by atoms with Crippen LogP contribution >= 0.6 is 12.2 Å². The lowest BCUT2D eigenvalue weighted by Crippen LogP contribution is -2.45. The molecule has 1 aliphatic rings. The van der Waals surface area contributed by atoms with Crippen LogP contribution in [0.25, 0.3) is 0 Å². The first kappa shape index (κ1) is 17.1. The van der Waals surface area contributed by atoms with E-state index in [9.17, 15) is 15.0 Å². The molecule has 1 aliphatic heterocycles. The van der Waals surface area contributed by atoms with Crippen LogP contribution in [-0.2, 0) is 4.74 Å². The van der Waals surface area contributed by atoms with E-state index in [0.29, 0.717) is 0 Å². The lowest BCUT2D eigenvalue weighted by atomic mass is 9.87. The van der Waals surface area contributed by atoms with Crippen LogP contribution in [0.4, 0.5) is 0 Å². The monoisotopic (exact) mass is 296 g/mol. The molecule has 0 bridgehead atoms. The summed E-state index contributed by atoms with van der Waals surface area (Å²) in [7, 11) is 9.89. The van der Waals surface area contributed by atoms with Crippen molar-refractivity contribution < 1.29 is 20.1 Å². The summed E-state index contributed by atoms with van der Waals surface area (Å²) < 4.78 is 6.56. The van der Waals surface area contributed by atoms with E-state index in [1.807, 2.05) is 0 Å². The fourth-order valence-corrected chi connectivity index (χ4v) is 1.95. The van der Waals surface area contributed by atoms with E-state index in [1.54, 1.807) is 0 Å². The van der Waals surface area contributed by atoms with Crippen molar-refractivity contribution in [1.29, 1.82) is 0 Å². The zero-order valence-electron chi connectivity index (χ0n) is 10.8. The summed E-state index contributed by atoms with van der Waals surface area (Å²) in [6.45, 7) is 1.10. The fourth-order valence-electron chi connectivity index (χ4n) is 1.80. The molecule has 0 spiro atoms. The molecule has 1 aromatic rings.